The number of carbonyl (C=O) groups is 1. The van der Waals surface area contributed by atoms with Gasteiger partial charge in [0.2, 0.25) is 0 Å². The van der Waals surface area contributed by atoms with Crippen LogP contribution in [0.2, 0.25) is 0 Å². The molecule has 0 aliphatic carbocycles. The Morgan fingerprint density at radius 3 is 2.58 bits per heavy atom. The third kappa shape index (κ3) is 5.00. The molecule has 1 N–H and O–H groups in total. The van der Waals surface area contributed by atoms with Crippen molar-refractivity contribution in [1.82, 2.24) is 19.4 Å². The molecule has 0 saturated heterocycles. The summed E-state index contributed by atoms with van der Waals surface area (Å²) in [4.78, 5) is 20.9. The third-order valence-corrected chi connectivity index (χ3v) is 5.11. The molecule has 0 radical (unpaired) electrons. The van der Waals surface area contributed by atoms with Crippen molar-refractivity contribution in [2.75, 3.05) is 14.1 Å². The summed E-state index contributed by atoms with van der Waals surface area (Å²) in [6.45, 7) is 2.92. The molecule has 3 rings (SSSR count). The number of rotatable bonds is 6. The maximum atomic E-state index is 8.36. The van der Waals surface area contributed by atoms with Gasteiger partial charge >= 0.3 is 0 Å². The molecule has 6 nitrogen and oxygen atoms in total. The average molecular weight is 372 g/mol. The molecule has 0 spiro atoms. The van der Waals surface area contributed by atoms with Crippen LogP contribution >= 0.6 is 11.3 Å². The number of likely N-dealkylation sites (N-methyl/N-ethyl adjacent to an activating group) is 1. The van der Waals surface area contributed by atoms with E-state index in [1.54, 1.807) is 11.3 Å². The highest BCUT2D eigenvalue weighted by molar-refractivity contribution is 7.18. The molecule has 0 bridgehead atoms. The van der Waals surface area contributed by atoms with Gasteiger partial charge in [0.15, 0.2) is 5.82 Å². The molecular weight excluding hydrogens is 348 g/mol. The summed E-state index contributed by atoms with van der Waals surface area (Å²) in [6.07, 6.45) is 6.98. The van der Waals surface area contributed by atoms with Crippen molar-refractivity contribution < 1.29 is 9.90 Å². The van der Waals surface area contributed by atoms with E-state index in [-0.39, 0.29) is 6.47 Å². The van der Waals surface area contributed by atoms with Crippen molar-refractivity contribution in [2.45, 2.75) is 25.9 Å². The van der Waals surface area contributed by atoms with Crippen LogP contribution in [-0.2, 0) is 11.3 Å². The van der Waals surface area contributed by atoms with Gasteiger partial charge in [-0.1, -0.05) is 37.3 Å². The molecular formula is C19H24N4O2S. The quantitative estimate of drug-likeness (QED) is 0.668. The van der Waals surface area contributed by atoms with E-state index in [0.717, 1.165) is 34.2 Å². The number of aromatic nitrogens is 3. The Hall–Kier alpha value is -2.51. The lowest BCUT2D eigenvalue weighted by Crippen LogP contribution is -2.31. The maximum absolute atomic E-state index is 8.36. The van der Waals surface area contributed by atoms with Gasteiger partial charge in [0.25, 0.3) is 6.47 Å². The molecule has 1 atom stereocenters. The van der Waals surface area contributed by atoms with Gasteiger partial charge in [0.1, 0.15) is 5.01 Å². The van der Waals surface area contributed by atoms with Gasteiger partial charge in [-0.3, -0.25) is 4.79 Å². The summed E-state index contributed by atoms with van der Waals surface area (Å²) in [5, 5.41) is 7.93. The highest BCUT2D eigenvalue weighted by atomic mass is 32.1. The van der Waals surface area contributed by atoms with E-state index in [2.05, 4.69) is 58.8 Å². The molecule has 0 amide bonds. The van der Waals surface area contributed by atoms with Gasteiger partial charge in [-0.25, -0.2) is 9.97 Å². The molecule has 7 heteroatoms. The highest BCUT2D eigenvalue weighted by Crippen LogP contribution is 2.31. The summed E-state index contributed by atoms with van der Waals surface area (Å²) in [6, 6.07) is 10.8. The first-order valence-corrected chi connectivity index (χ1v) is 9.19. The van der Waals surface area contributed by atoms with Crippen LogP contribution in [0.3, 0.4) is 0 Å². The summed E-state index contributed by atoms with van der Waals surface area (Å²) in [5.74, 6) is 1.00. The molecule has 0 fully saturated rings. The number of nitrogens with zero attached hydrogens (tertiary/aromatic N) is 4. The minimum atomic E-state index is -0.250. The van der Waals surface area contributed by atoms with Gasteiger partial charge in [-0.05, 0) is 20.5 Å². The van der Waals surface area contributed by atoms with Gasteiger partial charge in [-0.15, -0.1) is 11.3 Å². The largest absolute Gasteiger partial charge is 0.483 e. The molecule has 1 unspecified atom stereocenters. The molecule has 26 heavy (non-hydrogen) atoms. The summed E-state index contributed by atoms with van der Waals surface area (Å²) >= 11 is 1.69. The average Bonchev–Trinajstić information content (AvgIpc) is 3.30. The Kier molecular flexibility index (Phi) is 7.50. The van der Waals surface area contributed by atoms with E-state index in [1.807, 2.05) is 30.6 Å². The van der Waals surface area contributed by atoms with Gasteiger partial charge in [0, 0.05) is 36.7 Å². The Morgan fingerprint density at radius 1 is 1.27 bits per heavy atom. The first-order chi connectivity index (χ1) is 12.6. The van der Waals surface area contributed by atoms with E-state index in [9.17, 15) is 0 Å². The van der Waals surface area contributed by atoms with Crippen LogP contribution in [0.4, 0.5) is 0 Å². The number of benzene rings is 1. The Balaban J connectivity index is 0.000000758. The van der Waals surface area contributed by atoms with Gasteiger partial charge < -0.3 is 14.6 Å². The monoisotopic (exact) mass is 372 g/mol. The predicted octanol–water partition coefficient (Wildman–Crippen LogP) is 3.71. The maximum Gasteiger partial charge on any atom is 0.290 e. The normalized spacial score (nSPS) is 11.7. The fraction of sp³-hybridized carbons (Fsp3) is 0.316. The van der Waals surface area contributed by atoms with Crippen LogP contribution in [-0.4, -0.2) is 51.2 Å². The van der Waals surface area contributed by atoms with Crippen LogP contribution in [0.25, 0.3) is 21.3 Å². The summed E-state index contributed by atoms with van der Waals surface area (Å²) < 4.78 is 2.23. The SMILES string of the molecule is CCC(Cn1ccnc1-c1cnc(-c2ccccc2)s1)N(C)C.O=CO. The molecule has 2 aromatic heterocycles. The summed E-state index contributed by atoms with van der Waals surface area (Å²) in [5.41, 5.74) is 1.15. The third-order valence-electron chi connectivity index (χ3n) is 4.07. The lowest BCUT2D eigenvalue weighted by atomic mass is 10.2. The van der Waals surface area contributed by atoms with Crippen molar-refractivity contribution in [3.8, 4) is 21.3 Å². The standard InChI is InChI=1S/C18H22N4S.CH2O2/c1-4-15(21(2)3)13-22-11-10-19-17(22)16-12-20-18(23-16)14-8-6-5-7-9-14;2-1-3/h5-12,15H,4,13H2,1-3H3;1H,(H,2,3). The van der Waals surface area contributed by atoms with Crippen molar-refractivity contribution in [3.05, 3.63) is 48.9 Å². The van der Waals surface area contributed by atoms with E-state index in [1.165, 1.54) is 0 Å². The second kappa shape index (κ2) is 9.84. The molecule has 3 aromatic rings. The Labute approximate surface area is 157 Å². The fourth-order valence-electron chi connectivity index (χ4n) is 2.66. The van der Waals surface area contributed by atoms with Crippen LogP contribution in [0.1, 0.15) is 13.3 Å². The lowest BCUT2D eigenvalue weighted by molar-refractivity contribution is -0.122. The number of hydrogen-bond acceptors (Lipinski definition) is 5. The first kappa shape index (κ1) is 19.8. The van der Waals surface area contributed by atoms with Crippen molar-refractivity contribution in [3.63, 3.8) is 0 Å². The van der Waals surface area contributed by atoms with E-state index in [4.69, 9.17) is 9.90 Å². The zero-order valence-electron chi connectivity index (χ0n) is 15.2. The van der Waals surface area contributed by atoms with E-state index in [0.29, 0.717) is 6.04 Å². The predicted molar refractivity (Wildman–Crippen MR) is 105 cm³/mol. The highest BCUT2D eigenvalue weighted by Gasteiger charge is 2.15. The number of carboxylic acid groups (broad SMARTS) is 1. The second-order valence-electron chi connectivity index (χ2n) is 5.93. The minimum Gasteiger partial charge on any atom is -0.483 e. The van der Waals surface area contributed by atoms with Crippen molar-refractivity contribution in [1.29, 1.82) is 0 Å². The Morgan fingerprint density at radius 2 is 1.96 bits per heavy atom. The number of thiazole rings is 1. The number of imidazole rings is 1. The Bertz CT molecular complexity index is 799. The second-order valence-corrected chi connectivity index (χ2v) is 6.96. The molecule has 0 aliphatic heterocycles. The van der Waals surface area contributed by atoms with Crippen LogP contribution < -0.4 is 0 Å². The van der Waals surface area contributed by atoms with Crippen LogP contribution in [0, 0.1) is 0 Å². The smallest absolute Gasteiger partial charge is 0.290 e. The molecule has 0 aliphatic rings. The molecule has 2 heterocycles. The molecule has 138 valence electrons. The molecule has 0 saturated carbocycles. The molecule has 1 aromatic carbocycles. The minimum absolute atomic E-state index is 0.250. The van der Waals surface area contributed by atoms with E-state index < -0.39 is 0 Å². The van der Waals surface area contributed by atoms with Crippen molar-refractivity contribution in [2.24, 2.45) is 0 Å². The van der Waals surface area contributed by atoms with Crippen molar-refractivity contribution >= 4 is 17.8 Å². The van der Waals surface area contributed by atoms with Crippen LogP contribution in [0.15, 0.2) is 48.9 Å². The van der Waals surface area contributed by atoms with Gasteiger partial charge in [0.05, 0.1) is 4.88 Å². The van der Waals surface area contributed by atoms with Gasteiger partial charge in [-0.2, -0.15) is 0 Å². The zero-order chi connectivity index (χ0) is 18.9. The first-order valence-electron chi connectivity index (χ1n) is 8.37. The zero-order valence-corrected chi connectivity index (χ0v) is 16.1. The van der Waals surface area contributed by atoms with E-state index >= 15 is 0 Å². The topological polar surface area (TPSA) is 71.2 Å². The fourth-order valence-corrected chi connectivity index (χ4v) is 3.59. The van der Waals surface area contributed by atoms with Crippen LogP contribution in [0.5, 0.6) is 0 Å². The lowest BCUT2D eigenvalue weighted by Gasteiger charge is -2.23. The summed E-state index contributed by atoms with van der Waals surface area (Å²) in [7, 11) is 4.26. The number of hydrogen-bond donors (Lipinski definition) is 1.